The summed E-state index contributed by atoms with van der Waals surface area (Å²) in [4.78, 5) is 0. The standard InChI is InChI=1S/C13H16FN3/c1-2-17-9-11(8-16-17)13(15)7-10-5-3-4-6-12(10)14/h3-6,8-9,13H,2,7,15H2,1H3. The molecule has 1 aromatic heterocycles. The van der Waals surface area contributed by atoms with E-state index in [9.17, 15) is 4.39 Å². The molecule has 90 valence electrons. The Hall–Kier alpha value is -1.68. The van der Waals surface area contributed by atoms with E-state index in [2.05, 4.69) is 5.10 Å². The van der Waals surface area contributed by atoms with Crippen molar-refractivity contribution in [3.05, 3.63) is 53.6 Å². The minimum atomic E-state index is -0.216. The lowest BCUT2D eigenvalue weighted by atomic mass is 10.0. The highest BCUT2D eigenvalue weighted by molar-refractivity contribution is 5.21. The van der Waals surface area contributed by atoms with Gasteiger partial charge in [0.25, 0.3) is 0 Å². The molecule has 3 nitrogen and oxygen atoms in total. The summed E-state index contributed by atoms with van der Waals surface area (Å²) in [5.74, 6) is -0.203. The highest BCUT2D eigenvalue weighted by Gasteiger charge is 2.11. The van der Waals surface area contributed by atoms with Crippen molar-refractivity contribution in [3.63, 3.8) is 0 Å². The summed E-state index contributed by atoms with van der Waals surface area (Å²) in [7, 11) is 0. The van der Waals surface area contributed by atoms with Gasteiger partial charge in [0, 0.05) is 24.3 Å². The van der Waals surface area contributed by atoms with Crippen molar-refractivity contribution in [2.75, 3.05) is 0 Å². The van der Waals surface area contributed by atoms with Crippen LogP contribution in [-0.2, 0) is 13.0 Å². The molecule has 0 spiro atoms. The molecule has 2 rings (SSSR count). The Morgan fingerprint density at radius 3 is 2.82 bits per heavy atom. The summed E-state index contributed by atoms with van der Waals surface area (Å²) in [6.45, 7) is 2.82. The molecule has 2 N–H and O–H groups in total. The first-order chi connectivity index (χ1) is 8.20. The molecule has 0 aliphatic heterocycles. The molecule has 0 bridgehead atoms. The minimum Gasteiger partial charge on any atom is -0.324 e. The molecule has 1 unspecified atom stereocenters. The first-order valence-corrected chi connectivity index (χ1v) is 5.72. The second kappa shape index (κ2) is 5.10. The molecule has 4 heteroatoms. The lowest BCUT2D eigenvalue weighted by Crippen LogP contribution is -2.13. The molecule has 1 atom stereocenters. The molecule has 0 radical (unpaired) electrons. The molecule has 0 aliphatic carbocycles. The number of nitrogens with two attached hydrogens (primary N) is 1. The summed E-state index contributed by atoms with van der Waals surface area (Å²) in [5, 5.41) is 4.16. The van der Waals surface area contributed by atoms with E-state index in [0.29, 0.717) is 12.0 Å². The lowest BCUT2D eigenvalue weighted by Gasteiger charge is -2.09. The number of benzene rings is 1. The van der Waals surface area contributed by atoms with Gasteiger partial charge in [0.05, 0.1) is 6.20 Å². The van der Waals surface area contributed by atoms with Gasteiger partial charge < -0.3 is 5.73 Å². The van der Waals surface area contributed by atoms with Gasteiger partial charge in [-0.25, -0.2) is 4.39 Å². The first kappa shape index (κ1) is 11.8. The van der Waals surface area contributed by atoms with E-state index >= 15 is 0 Å². The molecule has 0 aliphatic rings. The Bertz CT molecular complexity index is 493. The number of aromatic nitrogens is 2. The van der Waals surface area contributed by atoms with E-state index in [4.69, 9.17) is 5.73 Å². The summed E-state index contributed by atoms with van der Waals surface area (Å²) in [5.41, 5.74) is 7.63. The zero-order chi connectivity index (χ0) is 12.3. The number of nitrogens with zero attached hydrogens (tertiary/aromatic N) is 2. The van der Waals surface area contributed by atoms with Crippen molar-refractivity contribution in [2.45, 2.75) is 25.9 Å². The fraction of sp³-hybridized carbons (Fsp3) is 0.308. The first-order valence-electron chi connectivity index (χ1n) is 5.72. The number of rotatable bonds is 4. The molecule has 0 saturated heterocycles. The van der Waals surface area contributed by atoms with Crippen LogP contribution in [0.4, 0.5) is 4.39 Å². The normalized spacial score (nSPS) is 12.6. The van der Waals surface area contributed by atoms with Gasteiger partial charge in [0.1, 0.15) is 5.82 Å². The maximum atomic E-state index is 13.5. The Labute approximate surface area is 100 Å². The Morgan fingerprint density at radius 1 is 1.41 bits per heavy atom. The van der Waals surface area contributed by atoms with Crippen LogP contribution < -0.4 is 5.73 Å². The number of halogens is 1. The second-order valence-corrected chi connectivity index (χ2v) is 4.03. The van der Waals surface area contributed by atoms with Crippen molar-refractivity contribution in [1.82, 2.24) is 9.78 Å². The number of aryl methyl sites for hydroxylation is 1. The van der Waals surface area contributed by atoms with Crippen LogP contribution in [0.2, 0.25) is 0 Å². The zero-order valence-corrected chi connectivity index (χ0v) is 9.81. The summed E-state index contributed by atoms with van der Waals surface area (Å²) >= 11 is 0. The third-order valence-corrected chi connectivity index (χ3v) is 2.80. The van der Waals surface area contributed by atoms with Gasteiger partial charge in [-0.2, -0.15) is 5.10 Å². The van der Waals surface area contributed by atoms with Gasteiger partial charge in [-0.1, -0.05) is 18.2 Å². The average molecular weight is 233 g/mol. The van der Waals surface area contributed by atoms with Gasteiger partial charge in [-0.15, -0.1) is 0 Å². The topological polar surface area (TPSA) is 43.8 Å². The largest absolute Gasteiger partial charge is 0.324 e. The van der Waals surface area contributed by atoms with E-state index in [1.165, 1.54) is 6.07 Å². The van der Waals surface area contributed by atoms with Crippen LogP contribution in [0.1, 0.15) is 24.1 Å². The van der Waals surface area contributed by atoms with Gasteiger partial charge in [0.2, 0.25) is 0 Å². The van der Waals surface area contributed by atoms with E-state index in [1.807, 2.05) is 23.9 Å². The van der Waals surface area contributed by atoms with Crippen LogP contribution in [0.25, 0.3) is 0 Å². The van der Waals surface area contributed by atoms with E-state index in [0.717, 1.165) is 12.1 Å². The molecule has 1 heterocycles. The minimum absolute atomic E-state index is 0.203. The number of hydrogen-bond acceptors (Lipinski definition) is 2. The number of hydrogen-bond donors (Lipinski definition) is 1. The van der Waals surface area contributed by atoms with Crippen molar-refractivity contribution in [1.29, 1.82) is 0 Å². The molecule has 2 aromatic rings. The highest BCUT2D eigenvalue weighted by atomic mass is 19.1. The van der Waals surface area contributed by atoms with E-state index in [-0.39, 0.29) is 11.9 Å². The Kier molecular flexibility index (Phi) is 3.54. The van der Waals surface area contributed by atoms with Crippen LogP contribution in [0.15, 0.2) is 36.7 Å². The summed E-state index contributed by atoms with van der Waals surface area (Å²) < 4.78 is 15.3. The van der Waals surface area contributed by atoms with E-state index in [1.54, 1.807) is 18.3 Å². The fourth-order valence-corrected chi connectivity index (χ4v) is 1.76. The smallest absolute Gasteiger partial charge is 0.126 e. The van der Waals surface area contributed by atoms with Crippen LogP contribution >= 0.6 is 0 Å². The van der Waals surface area contributed by atoms with Gasteiger partial charge in [0.15, 0.2) is 0 Å². The zero-order valence-electron chi connectivity index (χ0n) is 9.81. The van der Waals surface area contributed by atoms with Gasteiger partial charge >= 0.3 is 0 Å². The molecule has 0 saturated carbocycles. The van der Waals surface area contributed by atoms with Crippen LogP contribution in [0.3, 0.4) is 0 Å². The monoisotopic (exact) mass is 233 g/mol. The third kappa shape index (κ3) is 2.71. The maximum Gasteiger partial charge on any atom is 0.126 e. The lowest BCUT2D eigenvalue weighted by molar-refractivity contribution is 0.593. The predicted molar refractivity (Wildman–Crippen MR) is 64.9 cm³/mol. The van der Waals surface area contributed by atoms with Crippen molar-refractivity contribution >= 4 is 0 Å². The summed E-state index contributed by atoms with van der Waals surface area (Å²) in [6.07, 6.45) is 4.14. The molecule has 1 aromatic carbocycles. The third-order valence-electron chi connectivity index (χ3n) is 2.80. The SMILES string of the molecule is CCn1cc(C(N)Cc2ccccc2F)cn1. The molecule has 0 amide bonds. The molecular formula is C13H16FN3. The van der Waals surface area contributed by atoms with Crippen molar-refractivity contribution in [2.24, 2.45) is 5.73 Å². The second-order valence-electron chi connectivity index (χ2n) is 4.03. The Morgan fingerprint density at radius 2 is 2.18 bits per heavy atom. The highest BCUT2D eigenvalue weighted by Crippen LogP contribution is 2.17. The Balaban J connectivity index is 2.11. The molecule has 17 heavy (non-hydrogen) atoms. The van der Waals surface area contributed by atoms with Crippen LogP contribution in [-0.4, -0.2) is 9.78 Å². The summed E-state index contributed by atoms with van der Waals surface area (Å²) in [6, 6.07) is 6.50. The maximum absolute atomic E-state index is 13.5. The van der Waals surface area contributed by atoms with E-state index < -0.39 is 0 Å². The van der Waals surface area contributed by atoms with Gasteiger partial charge in [-0.3, -0.25) is 4.68 Å². The molecular weight excluding hydrogens is 217 g/mol. The quantitative estimate of drug-likeness (QED) is 0.880. The predicted octanol–water partition coefficient (Wildman–Crippen LogP) is 2.28. The fourth-order valence-electron chi connectivity index (χ4n) is 1.76. The van der Waals surface area contributed by atoms with Gasteiger partial charge in [-0.05, 0) is 25.0 Å². The average Bonchev–Trinajstić information content (AvgIpc) is 2.81. The van der Waals surface area contributed by atoms with Crippen LogP contribution in [0.5, 0.6) is 0 Å². The van der Waals surface area contributed by atoms with Crippen molar-refractivity contribution in [3.8, 4) is 0 Å². The van der Waals surface area contributed by atoms with Crippen LogP contribution in [0, 0.1) is 5.82 Å². The van der Waals surface area contributed by atoms with Crippen molar-refractivity contribution < 1.29 is 4.39 Å². The molecule has 0 fully saturated rings.